The van der Waals surface area contributed by atoms with Crippen molar-refractivity contribution in [2.45, 2.75) is 0 Å². The van der Waals surface area contributed by atoms with Crippen LogP contribution in [0.4, 0.5) is 0 Å². The molecule has 0 spiro atoms. The molecule has 1 aromatic rings. The van der Waals surface area contributed by atoms with Crippen LogP contribution in [-0.2, 0) is 0 Å². The second kappa shape index (κ2) is 5.71. The van der Waals surface area contributed by atoms with Gasteiger partial charge in [-0.25, -0.2) is 9.59 Å². The maximum absolute atomic E-state index is 10.3. The van der Waals surface area contributed by atoms with Crippen LogP contribution in [0.5, 0.6) is 0 Å². The molecule has 0 fully saturated rings. The van der Waals surface area contributed by atoms with Crippen LogP contribution in [0.1, 0.15) is 20.7 Å². The number of aliphatic hydroxyl groups excluding tert-OH is 1. The summed E-state index contributed by atoms with van der Waals surface area (Å²) in [5.74, 6) is -2.13. The minimum absolute atomic E-state index is 0.0833. The normalized spacial score (nSPS) is 8.43. The number of rotatable bonds is 2. The lowest BCUT2D eigenvalue weighted by Crippen LogP contribution is -1.99. The molecule has 0 saturated carbocycles. The largest absolute Gasteiger partial charge is 0.478 e. The van der Waals surface area contributed by atoms with E-state index in [0.29, 0.717) is 0 Å². The Morgan fingerprint density at radius 1 is 0.857 bits per heavy atom. The van der Waals surface area contributed by atoms with Crippen molar-refractivity contribution < 1.29 is 24.9 Å². The summed E-state index contributed by atoms with van der Waals surface area (Å²) in [5, 5.41) is 23.9. The Morgan fingerprint density at radius 3 is 1.21 bits per heavy atom. The third kappa shape index (κ3) is 3.24. The second-order valence-corrected chi connectivity index (χ2v) is 2.19. The summed E-state index contributed by atoms with van der Waals surface area (Å²) in [6, 6.07) is 5.02. The van der Waals surface area contributed by atoms with E-state index in [-0.39, 0.29) is 11.1 Å². The molecule has 5 heteroatoms. The molecule has 0 aliphatic rings. The van der Waals surface area contributed by atoms with Crippen molar-refractivity contribution in [2.24, 2.45) is 0 Å². The average Bonchev–Trinajstić information content (AvgIpc) is 2.21. The Kier molecular flexibility index (Phi) is 4.95. The van der Waals surface area contributed by atoms with Crippen LogP contribution in [0, 0.1) is 0 Å². The Hall–Kier alpha value is -1.88. The summed E-state index contributed by atoms with van der Waals surface area (Å²) in [6.45, 7) is 0. The Balaban J connectivity index is 0.000000791. The maximum atomic E-state index is 10.3. The van der Waals surface area contributed by atoms with Gasteiger partial charge in [0.25, 0.3) is 0 Å². The number of carbonyl (C=O) groups is 2. The van der Waals surface area contributed by atoms with Gasteiger partial charge in [-0.2, -0.15) is 0 Å². The molecule has 3 N–H and O–H groups in total. The first kappa shape index (κ1) is 12.1. The molecule has 1 rings (SSSR count). The van der Waals surface area contributed by atoms with Crippen LogP contribution in [0.25, 0.3) is 0 Å². The number of carboxylic acids is 2. The number of aliphatic hydroxyl groups is 1. The van der Waals surface area contributed by atoms with Crippen molar-refractivity contribution in [2.75, 3.05) is 7.11 Å². The summed E-state index contributed by atoms with van der Waals surface area (Å²) in [4.78, 5) is 20.7. The zero-order valence-corrected chi connectivity index (χ0v) is 7.47. The van der Waals surface area contributed by atoms with Gasteiger partial charge in [-0.15, -0.1) is 0 Å². The standard InChI is InChI=1S/C8H6O4.CH4O/c9-7(10)5-1-2-6(4-3-5)8(11)12;1-2/h1-4H,(H,9,10)(H,11,12);2H,1H3. The van der Waals surface area contributed by atoms with E-state index in [2.05, 4.69) is 0 Å². The van der Waals surface area contributed by atoms with Crippen LogP contribution in [0.15, 0.2) is 24.3 Å². The molecule has 0 amide bonds. The highest BCUT2D eigenvalue weighted by atomic mass is 16.4. The van der Waals surface area contributed by atoms with Gasteiger partial charge in [-0.1, -0.05) is 0 Å². The molecule has 0 aliphatic carbocycles. The molecule has 0 atom stereocenters. The topological polar surface area (TPSA) is 94.8 Å². The van der Waals surface area contributed by atoms with Gasteiger partial charge >= 0.3 is 11.9 Å². The Bertz CT molecular complexity index is 281. The van der Waals surface area contributed by atoms with E-state index < -0.39 is 11.9 Å². The lowest BCUT2D eigenvalue weighted by Gasteiger charge is -1.94. The molecular weight excluding hydrogens is 188 g/mol. The maximum Gasteiger partial charge on any atom is 0.335 e. The molecule has 14 heavy (non-hydrogen) atoms. The van der Waals surface area contributed by atoms with Crippen LogP contribution in [0.2, 0.25) is 0 Å². The number of aromatic carboxylic acids is 2. The van der Waals surface area contributed by atoms with Gasteiger partial charge < -0.3 is 15.3 Å². The van der Waals surface area contributed by atoms with Crippen molar-refractivity contribution in [3.63, 3.8) is 0 Å². The first-order chi connectivity index (χ1) is 6.61. The summed E-state index contributed by atoms with van der Waals surface area (Å²) in [5.41, 5.74) is 0.167. The molecule has 0 radical (unpaired) electrons. The molecule has 1 aromatic carbocycles. The van der Waals surface area contributed by atoms with E-state index in [1.807, 2.05) is 0 Å². The molecule has 0 saturated heterocycles. The molecular formula is C9H10O5. The fourth-order valence-corrected chi connectivity index (χ4v) is 0.755. The lowest BCUT2D eigenvalue weighted by molar-refractivity contribution is 0.0681. The van der Waals surface area contributed by atoms with Gasteiger partial charge in [0.05, 0.1) is 11.1 Å². The number of hydrogen-bond acceptors (Lipinski definition) is 3. The van der Waals surface area contributed by atoms with Crippen LogP contribution in [0.3, 0.4) is 0 Å². The Morgan fingerprint density at radius 2 is 1.07 bits per heavy atom. The summed E-state index contributed by atoms with van der Waals surface area (Å²) < 4.78 is 0. The van der Waals surface area contributed by atoms with Gasteiger partial charge in [0.1, 0.15) is 0 Å². The van der Waals surface area contributed by atoms with E-state index in [0.717, 1.165) is 7.11 Å². The van der Waals surface area contributed by atoms with E-state index in [1.165, 1.54) is 24.3 Å². The molecule has 0 bridgehead atoms. The first-order valence-corrected chi connectivity index (χ1v) is 3.62. The Labute approximate surface area is 80.2 Å². The van der Waals surface area contributed by atoms with Gasteiger partial charge in [0, 0.05) is 7.11 Å². The molecule has 76 valence electrons. The fraction of sp³-hybridized carbons (Fsp3) is 0.111. The third-order valence-corrected chi connectivity index (χ3v) is 1.38. The average molecular weight is 198 g/mol. The lowest BCUT2D eigenvalue weighted by atomic mass is 10.1. The van der Waals surface area contributed by atoms with Crippen molar-refractivity contribution >= 4 is 11.9 Å². The summed E-state index contributed by atoms with van der Waals surface area (Å²) in [6.07, 6.45) is 0. The third-order valence-electron chi connectivity index (χ3n) is 1.38. The number of hydrogen-bond donors (Lipinski definition) is 3. The quantitative estimate of drug-likeness (QED) is 0.649. The highest BCUT2D eigenvalue weighted by Gasteiger charge is 2.04. The van der Waals surface area contributed by atoms with Crippen molar-refractivity contribution in [1.29, 1.82) is 0 Å². The van der Waals surface area contributed by atoms with Gasteiger partial charge in [0.15, 0.2) is 0 Å². The smallest absolute Gasteiger partial charge is 0.335 e. The predicted molar refractivity (Wildman–Crippen MR) is 48.5 cm³/mol. The van der Waals surface area contributed by atoms with Crippen molar-refractivity contribution in [3.05, 3.63) is 35.4 Å². The van der Waals surface area contributed by atoms with E-state index in [9.17, 15) is 9.59 Å². The highest BCUT2D eigenvalue weighted by Crippen LogP contribution is 2.03. The first-order valence-electron chi connectivity index (χ1n) is 3.62. The minimum Gasteiger partial charge on any atom is -0.478 e. The molecule has 0 unspecified atom stereocenters. The molecule has 0 aliphatic heterocycles. The zero-order valence-electron chi connectivity index (χ0n) is 7.47. The fourth-order valence-electron chi connectivity index (χ4n) is 0.755. The van der Waals surface area contributed by atoms with Crippen LogP contribution < -0.4 is 0 Å². The molecule has 5 nitrogen and oxygen atoms in total. The number of carboxylic acid groups (broad SMARTS) is 2. The SMILES string of the molecule is CO.O=C(O)c1ccc(C(=O)O)cc1. The molecule has 0 heterocycles. The second-order valence-electron chi connectivity index (χ2n) is 2.19. The highest BCUT2D eigenvalue weighted by molar-refractivity contribution is 5.91. The van der Waals surface area contributed by atoms with Crippen LogP contribution >= 0.6 is 0 Å². The van der Waals surface area contributed by atoms with Crippen molar-refractivity contribution in [1.82, 2.24) is 0 Å². The van der Waals surface area contributed by atoms with Gasteiger partial charge in [-0.05, 0) is 24.3 Å². The molecule has 0 aromatic heterocycles. The zero-order chi connectivity index (χ0) is 11.1. The summed E-state index contributed by atoms with van der Waals surface area (Å²) >= 11 is 0. The van der Waals surface area contributed by atoms with Gasteiger partial charge in [0.2, 0.25) is 0 Å². The summed E-state index contributed by atoms with van der Waals surface area (Å²) in [7, 11) is 1.00. The minimum atomic E-state index is -1.06. The van der Waals surface area contributed by atoms with E-state index in [4.69, 9.17) is 15.3 Å². The van der Waals surface area contributed by atoms with Crippen molar-refractivity contribution in [3.8, 4) is 0 Å². The van der Waals surface area contributed by atoms with E-state index >= 15 is 0 Å². The van der Waals surface area contributed by atoms with Crippen LogP contribution in [-0.4, -0.2) is 34.4 Å². The predicted octanol–water partition coefficient (Wildman–Crippen LogP) is 0.692. The van der Waals surface area contributed by atoms with E-state index in [1.54, 1.807) is 0 Å². The monoisotopic (exact) mass is 198 g/mol. The van der Waals surface area contributed by atoms with Gasteiger partial charge in [-0.3, -0.25) is 0 Å². The number of benzene rings is 1.